The summed E-state index contributed by atoms with van der Waals surface area (Å²) in [5.41, 5.74) is 1.10. The molecule has 0 N–H and O–H groups in total. The Morgan fingerprint density at radius 3 is 2.65 bits per heavy atom. The molecule has 0 amide bonds. The zero-order valence-electron chi connectivity index (χ0n) is 12.4. The molecule has 1 saturated heterocycles. The molecule has 114 valence electrons. The SMILES string of the molecule is CC(C)c1nc(CN2CCCN(S(C)(=O)=O)CC2)cs1. The lowest BCUT2D eigenvalue weighted by molar-refractivity contribution is 0.276. The number of nitrogens with zero attached hydrogens (tertiary/aromatic N) is 3. The van der Waals surface area contributed by atoms with E-state index in [0.717, 1.165) is 31.7 Å². The minimum absolute atomic E-state index is 0.471. The lowest BCUT2D eigenvalue weighted by Gasteiger charge is -2.19. The second-order valence-electron chi connectivity index (χ2n) is 5.62. The summed E-state index contributed by atoms with van der Waals surface area (Å²) in [5.74, 6) is 0.471. The Bertz CT molecular complexity index is 540. The highest BCUT2D eigenvalue weighted by atomic mass is 32.2. The smallest absolute Gasteiger partial charge is 0.211 e. The van der Waals surface area contributed by atoms with Crippen LogP contribution in [-0.2, 0) is 16.6 Å². The van der Waals surface area contributed by atoms with Crippen LogP contribution in [0.3, 0.4) is 0 Å². The van der Waals surface area contributed by atoms with Gasteiger partial charge in [0.2, 0.25) is 10.0 Å². The summed E-state index contributed by atoms with van der Waals surface area (Å²) in [7, 11) is -3.06. The molecule has 1 fully saturated rings. The first-order valence-corrected chi connectivity index (χ1v) is 9.71. The van der Waals surface area contributed by atoms with E-state index in [0.29, 0.717) is 19.0 Å². The largest absolute Gasteiger partial charge is 0.296 e. The van der Waals surface area contributed by atoms with Gasteiger partial charge in [-0.3, -0.25) is 4.90 Å². The minimum atomic E-state index is -3.06. The Balaban J connectivity index is 1.94. The molecule has 0 bridgehead atoms. The second-order valence-corrected chi connectivity index (χ2v) is 8.50. The van der Waals surface area contributed by atoms with E-state index >= 15 is 0 Å². The van der Waals surface area contributed by atoms with Gasteiger partial charge in [0, 0.05) is 37.5 Å². The number of hydrogen-bond donors (Lipinski definition) is 0. The Labute approximate surface area is 125 Å². The number of rotatable bonds is 4. The number of sulfonamides is 1. The minimum Gasteiger partial charge on any atom is -0.296 e. The Morgan fingerprint density at radius 1 is 1.30 bits per heavy atom. The lowest BCUT2D eigenvalue weighted by Crippen LogP contribution is -2.34. The first kappa shape index (κ1) is 15.9. The summed E-state index contributed by atoms with van der Waals surface area (Å²) in [6.45, 7) is 8.05. The van der Waals surface area contributed by atoms with Crippen LogP contribution in [0.5, 0.6) is 0 Å². The van der Waals surface area contributed by atoms with E-state index in [2.05, 4.69) is 29.1 Å². The van der Waals surface area contributed by atoms with Crippen molar-refractivity contribution in [1.29, 1.82) is 0 Å². The Morgan fingerprint density at radius 2 is 2.05 bits per heavy atom. The number of aromatic nitrogens is 1. The van der Waals surface area contributed by atoms with E-state index in [4.69, 9.17) is 0 Å². The fourth-order valence-corrected chi connectivity index (χ4v) is 4.03. The van der Waals surface area contributed by atoms with E-state index in [-0.39, 0.29) is 0 Å². The summed E-state index contributed by atoms with van der Waals surface area (Å²) in [5, 5.41) is 3.29. The van der Waals surface area contributed by atoms with E-state index in [9.17, 15) is 8.42 Å². The third kappa shape index (κ3) is 4.25. The van der Waals surface area contributed by atoms with Crippen LogP contribution in [0.15, 0.2) is 5.38 Å². The van der Waals surface area contributed by atoms with Crippen molar-refractivity contribution in [3.8, 4) is 0 Å². The van der Waals surface area contributed by atoms with Crippen LogP contribution in [0.1, 0.15) is 36.9 Å². The van der Waals surface area contributed by atoms with E-state index in [1.54, 1.807) is 15.6 Å². The standard InChI is InChI=1S/C13H23N3O2S2/c1-11(2)13-14-12(10-19-13)9-15-5-4-6-16(8-7-15)20(3,17)18/h10-11H,4-9H2,1-3H3. The van der Waals surface area contributed by atoms with Gasteiger partial charge in [-0.15, -0.1) is 11.3 Å². The molecule has 0 unspecified atom stereocenters. The summed E-state index contributed by atoms with van der Waals surface area (Å²) in [6.07, 6.45) is 2.17. The quantitative estimate of drug-likeness (QED) is 0.849. The summed E-state index contributed by atoms with van der Waals surface area (Å²) in [6, 6.07) is 0. The van der Waals surface area contributed by atoms with Gasteiger partial charge < -0.3 is 0 Å². The average molecular weight is 317 g/mol. The molecule has 0 aromatic carbocycles. The number of thiazole rings is 1. The van der Waals surface area contributed by atoms with Gasteiger partial charge in [0.25, 0.3) is 0 Å². The highest BCUT2D eigenvalue weighted by molar-refractivity contribution is 7.88. The lowest BCUT2D eigenvalue weighted by atomic mass is 10.2. The summed E-state index contributed by atoms with van der Waals surface area (Å²) in [4.78, 5) is 6.94. The zero-order chi connectivity index (χ0) is 14.8. The average Bonchev–Trinajstić information content (AvgIpc) is 2.66. The van der Waals surface area contributed by atoms with Crippen LogP contribution < -0.4 is 0 Å². The van der Waals surface area contributed by atoms with Gasteiger partial charge in [0.1, 0.15) is 0 Å². The van der Waals surface area contributed by atoms with Gasteiger partial charge in [-0.25, -0.2) is 17.7 Å². The molecule has 0 radical (unpaired) electrons. The van der Waals surface area contributed by atoms with E-state index < -0.39 is 10.0 Å². The Kier molecular flexibility index (Phi) is 5.17. The molecular formula is C13H23N3O2S2. The molecule has 7 heteroatoms. The molecule has 0 saturated carbocycles. The van der Waals surface area contributed by atoms with Gasteiger partial charge in [0.05, 0.1) is 17.0 Å². The number of hydrogen-bond acceptors (Lipinski definition) is 5. The Hall–Kier alpha value is -0.500. The van der Waals surface area contributed by atoms with Crippen molar-refractivity contribution >= 4 is 21.4 Å². The molecule has 0 atom stereocenters. The maximum Gasteiger partial charge on any atom is 0.211 e. The first-order valence-electron chi connectivity index (χ1n) is 6.98. The maximum absolute atomic E-state index is 11.6. The molecule has 1 aromatic rings. The van der Waals surface area contributed by atoms with Crippen LogP contribution in [0.2, 0.25) is 0 Å². The predicted octanol–water partition coefficient (Wildman–Crippen LogP) is 1.73. The zero-order valence-corrected chi connectivity index (χ0v) is 14.0. The summed E-state index contributed by atoms with van der Waals surface area (Å²) >= 11 is 1.71. The van der Waals surface area contributed by atoms with Crippen molar-refractivity contribution in [2.45, 2.75) is 32.7 Å². The molecule has 1 aliphatic rings. The molecule has 5 nitrogen and oxygen atoms in total. The molecule has 20 heavy (non-hydrogen) atoms. The summed E-state index contributed by atoms with van der Waals surface area (Å²) < 4.78 is 24.7. The van der Waals surface area contributed by atoms with Crippen LogP contribution >= 0.6 is 11.3 Å². The van der Waals surface area contributed by atoms with Gasteiger partial charge >= 0.3 is 0 Å². The van der Waals surface area contributed by atoms with Crippen molar-refractivity contribution < 1.29 is 8.42 Å². The van der Waals surface area contributed by atoms with E-state index in [1.165, 1.54) is 11.3 Å². The molecule has 0 spiro atoms. The maximum atomic E-state index is 11.6. The van der Waals surface area contributed by atoms with Gasteiger partial charge in [0.15, 0.2) is 0 Å². The van der Waals surface area contributed by atoms with Crippen LogP contribution in [0, 0.1) is 0 Å². The first-order chi connectivity index (χ1) is 9.36. The third-order valence-electron chi connectivity index (χ3n) is 3.47. The monoisotopic (exact) mass is 317 g/mol. The van der Waals surface area contributed by atoms with Gasteiger partial charge in [-0.1, -0.05) is 13.8 Å². The van der Waals surface area contributed by atoms with Crippen molar-refractivity contribution in [3.05, 3.63) is 16.1 Å². The van der Waals surface area contributed by atoms with Gasteiger partial charge in [-0.05, 0) is 13.0 Å². The van der Waals surface area contributed by atoms with Crippen molar-refractivity contribution in [1.82, 2.24) is 14.2 Å². The molecule has 2 rings (SSSR count). The highest BCUT2D eigenvalue weighted by Gasteiger charge is 2.21. The second kappa shape index (κ2) is 6.51. The normalized spacial score (nSPS) is 19.4. The van der Waals surface area contributed by atoms with E-state index in [1.807, 2.05) is 0 Å². The third-order valence-corrected chi connectivity index (χ3v) is 5.96. The van der Waals surface area contributed by atoms with Crippen LogP contribution in [0.4, 0.5) is 0 Å². The topological polar surface area (TPSA) is 53.5 Å². The molecule has 2 heterocycles. The van der Waals surface area contributed by atoms with Crippen LogP contribution in [0.25, 0.3) is 0 Å². The molecule has 1 aromatic heterocycles. The molecular weight excluding hydrogens is 294 g/mol. The van der Waals surface area contributed by atoms with Crippen LogP contribution in [-0.4, -0.2) is 55.0 Å². The molecule has 0 aliphatic carbocycles. The predicted molar refractivity (Wildman–Crippen MR) is 82.5 cm³/mol. The fraction of sp³-hybridized carbons (Fsp3) is 0.769. The highest BCUT2D eigenvalue weighted by Crippen LogP contribution is 2.20. The molecule has 1 aliphatic heterocycles. The fourth-order valence-electron chi connectivity index (χ4n) is 2.33. The van der Waals surface area contributed by atoms with Crippen molar-refractivity contribution in [3.63, 3.8) is 0 Å². The van der Waals surface area contributed by atoms with Crippen molar-refractivity contribution in [2.24, 2.45) is 0 Å². The van der Waals surface area contributed by atoms with Crippen molar-refractivity contribution in [2.75, 3.05) is 32.4 Å². The van der Waals surface area contributed by atoms with Gasteiger partial charge in [-0.2, -0.15) is 0 Å².